The molecule has 2 heterocycles. The molecule has 2 N–H and O–H groups in total. The van der Waals surface area contributed by atoms with Crippen LogP contribution in [0.4, 0.5) is 23.8 Å². The third-order valence-corrected chi connectivity index (χ3v) is 4.25. The average molecular weight is 409 g/mol. The molecule has 1 aromatic carbocycles. The van der Waals surface area contributed by atoms with Crippen molar-refractivity contribution in [3.8, 4) is 5.88 Å². The molecular weight excluding hydrogens is 391 g/mol. The van der Waals surface area contributed by atoms with Gasteiger partial charge in [0.05, 0.1) is 25.1 Å². The number of nitrogens with one attached hydrogen (secondary N) is 2. The molecular formula is C19H18F3N3O4. The molecule has 1 aliphatic heterocycles. The predicted octanol–water partition coefficient (Wildman–Crippen LogP) is 2.94. The van der Waals surface area contributed by atoms with Crippen molar-refractivity contribution in [1.82, 2.24) is 10.3 Å². The summed E-state index contributed by atoms with van der Waals surface area (Å²) in [4.78, 5) is 27.5. The summed E-state index contributed by atoms with van der Waals surface area (Å²) in [7, 11) is 1.43. The summed E-state index contributed by atoms with van der Waals surface area (Å²) in [5, 5.41) is 5.25. The van der Waals surface area contributed by atoms with Gasteiger partial charge in [-0.3, -0.25) is 4.79 Å². The first-order valence-electron chi connectivity index (χ1n) is 8.68. The Bertz CT molecular complexity index is 901. The molecule has 1 atom stereocenters. The molecule has 1 aliphatic rings. The molecule has 0 spiro atoms. The van der Waals surface area contributed by atoms with Crippen LogP contribution in [0, 0.1) is 0 Å². The number of hydrogen-bond acceptors (Lipinski definition) is 5. The number of hydrogen-bond donors (Lipinski definition) is 2. The average Bonchev–Trinajstić information content (AvgIpc) is 3.07. The number of methoxy groups -OCH3 is 1. The zero-order chi connectivity index (χ0) is 21.0. The number of benzene rings is 1. The van der Waals surface area contributed by atoms with Gasteiger partial charge in [-0.25, -0.2) is 4.79 Å². The van der Waals surface area contributed by atoms with Crippen LogP contribution >= 0.6 is 0 Å². The Morgan fingerprint density at radius 2 is 2.00 bits per heavy atom. The maximum atomic E-state index is 12.6. The predicted molar refractivity (Wildman–Crippen MR) is 96.5 cm³/mol. The van der Waals surface area contributed by atoms with Gasteiger partial charge in [-0.1, -0.05) is 12.1 Å². The molecule has 1 fully saturated rings. The number of nitrogens with zero attached hydrogens (tertiary/aromatic N) is 1. The van der Waals surface area contributed by atoms with Crippen molar-refractivity contribution >= 4 is 17.8 Å². The number of amides is 2. The second kappa shape index (κ2) is 8.38. The van der Waals surface area contributed by atoms with E-state index < -0.39 is 23.7 Å². The third-order valence-electron chi connectivity index (χ3n) is 4.25. The van der Waals surface area contributed by atoms with E-state index in [2.05, 4.69) is 15.6 Å². The zero-order valence-corrected chi connectivity index (χ0v) is 15.4. The number of aromatic nitrogens is 1. The van der Waals surface area contributed by atoms with Crippen LogP contribution in [-0.4, -0.2) is 36.7 Å². The topological polar surface area (TPSA) is 89.6 Å². The molecule has 1 aromatic heterocycles. The van der Waals surface area contributed by atoms with Crippen LogP contribution in [0.1, 0.15) is 16.7 Å². The summed E-state index contributed by atoms with van der Waals surface area (Å²) in [6.45, 7) is 0.244. The second-order valence-corrected chi connectivity index (χ2v) is 6.43. The Balaban J connectivity index is 1.62. The van der Waals surface area contributed by atoms with Gasteiger partial charge < -0.3 is 20.1 Å². The van der Waals surface area contributed by atoms with Crippen LogP contribution in [-0.2, 0) is 28.5 Å². The lowest BCUT2D eigenvalue weighted by Gasteiger charge is -2.13. The second-order valence-electron chi connectivity index (χ2n) is 6.43. The first-order chi connectivity index (χ1) is 13.7. The molecule has 0 saturated carbocycles. The van der Waals surface area contributed by atoms with E-state index in [4.69, 9.17) is 9.47 Å². The van der Waals surface area contributed by atoms with Gasteiger partial charge in [0.2, 0.25) is 11.8 Å². The van der Waals surface area contributed by atoms with Crippen molar-refractivity contribution < 1.29 is 32.2 Å². The highest BCUT2D eigenvalue weighted by molar-refractivity contribution is 5.91. The lowest BCUT2D eigenvalue weighted by Crippen LogP contribution is -2.28. The maximum Gasteiger partial charge on any atom is 0.416 e. The van der Waals surface area contributed by atoms with E-state index >= 15 is 0 Å². The summed E-state index contributed by atoms with van der Waals surface area (Å²) in [6.07, 6.45) is -4.55. The van der Waals surface area contributed by atoms with Gasteiger partial charge >= 0.3 is 12.3 Å². The molecule has 1 saturated heterocycles. The number of alkyl carbamates (subject to hydrolysis) is 1. The van der Waals surface area contributed by atoms with Crippen LogP contribution in [0.25, 0.3) is 0 Å². The molecule has 154 valence electrons. The molecule has 0 bridgehead atoms. The molecule has 2 amide bonds. The Kier molecular flexibility index (Phi) is 5.90. The highest BCUT2D eigenvalue weighted by atomic mass is 19.4. The zero-order valence-electron chi connectivity index (χ0n) is 15.4. The standard InChI is InChI=1S/C19H18F3N3O4/c1-28-17-12(9-14-10-29-18(27)23-14)4-7-15(25-17)24-16(26)8-11-2-5-13(6-3-11)19(20,21)22/h2-7,14H,8-10H2,1H3,(H,23,27)(H,24,25,26)/t14-/m0/s1. The highest BCUT2D eigenvalue weighted by Crippen LogP contribution is 2.29. The van der Waals surface area contributed by atoms with Crippen LogP contribution in [0.15, 0.2) is 36.4 Å². The number of cyclic esters (lactones) is 1. The summed E-state index contributed by atoms with van der Waals surface area (Å²) in [6, 6.07) is 7.49. The molecule has 29 heavy (non-hydrogen) atoms. The van der Waals surface area contributed by atoms with E-state index in [1.165, 1.54) is 19.2 Å². The van der Waals surface area contributed by atoms with Crippen molar-refractivity contribution in [2.75, 3.05) is 19.0 Å². The van der Waals surface area contributed by atoms with Crippen LogP contribution in [0.2, 0.25) is 0 Å². The van der Waals surface area contributed by atoms with Gasteiger partial charge in [-0.05, 0) is 29.8 Å². The van der Waals surface area contributed by atoms with Crippen molar-refractivity contribution in [3.05, 3.63) is 53.1 Å². The minimum Gasteiger partial charge on any atom is -0.481 e. The van der Waals surface area contributed by atoms with Gasteiger partial charge in [0, 0.05) is 12.0 Å². The minimum absolute atomic E-state index is 0.102. The SMILES string of the molecule is COc1nc(NC(=O)Cc2ccc(C(F)(F)F)cc2)ccc1C[C@H]1COC(=O)N1. The number of rotatable bonds is 6. The monoisotopic (exact) mass is 409 g/mol. The first-order valence-corrected chi connectivity index (χ1v) is 8.68. The van der Waals surface area contributed by atoms with Gasteiger partial charge in [-0.15, -0.1) is 0 Å². The Hall–Kier alpha value is -3.30. The first kappa shape index (κ1) is 20.4. The van der Waals surface area contributed by atoms with Crippen LogP contribution in [0.3, 0.4) is 0 Å². The lowest BCUT2D eigenvalue weighted by atomic mass is 10.1. The van der Waals surface area contributed by atoms with E-state index in [-0.39, 0.29) is 24.9 Å². The summed E-state index contributed by atoms with van der Waals surface area (Å²) in [5.41, 5.74) is 0.396. The van der Waals surface area contributed by atoms with E-state index in [1.807, 2.05) is 0 Å². The Morgan fingerprint density at radius 1 is 1.28 bits per heavy atom. The fourth-order valence-corrected chi connectivity index (χ4v) is 2.86. The normalized spacial score (nSPS) is 16.1. The Labute approximate surface area is 164 Å². The van der Waals surface area contributed by atoms with Crippen molar-refractivity contribution in [3.63, 3.8) is 0 Å². The highest BCUT2D eigenvalue weighted by Gasteiger charge is 2.30. The molecule has 10 heteroatoms. The molecule has 7 nitrogen and oxygen atoms in total. The Morgan fingerprint density at radius 3 is 2.59 bits per heavy atom. The largest absolute Gasteiger partial charge is 0.481 e. The number of ether oxygens (including phenoxy) is 2. The van der Waals surface area contributed by atoms with E-state index in [0.717, 1.165) is 17.7 Å². The van der Waals surface area contributed by atoms with E-state index in [1.54, 1.807) is 12.1 Å². The van der Waals surface area contributed by atoms with Crippen LogP contribution < -0.4 is 15.4 Å². The van der Waals surface area contributed by atoms with Gasteiger partial charge in [0.15, 0.2) is 0 Å². The summed E-state index contributed by atoms with van der Waals surface area (Å²) in [5.74, 6) is 0.108. The van der Waals surface area contributed by atoms with Gasteiger partial charge in [0.25, 0.3) is 0 Å². The molecule has 0 unspecified atom stereocenters. The lowest BCUT2D eigenvalue weighted by molar-refractivity contribution is -0.137. The third kappa shape index (κ3) is 5.37. The maximum absolute atomic E-state index is 12.6. The number of carbonyl (C=O) groups is 2. The quantitative estimate of drug-likeness (QED) is 0.766. The number of pyridine rings is 1. The molecule has 2 aromatic rings. The fraction of sp³-hybridized carbons (Fsp3) is 0.316. The van der Waals surface area contributed by atoms with Crippen molar-refractivity contribution in [2.45, 2.75) is 25.1 Å². The number of carbonyl (C=O) groups excluding carboxylic acids is 2. The molecule has 0 radical (unpaired) electrons. The van der Waals surface area contributed by atoms with Gasteiger partial charge in [-0.2, -0.15) is 18.2 Å². The van der Waals surface area contributed by atoms with E-state index in [0.29, 0.717) is 17.9 Å². The fourth-order valence-electron chi connectivity index (χ4n) is 2.86. The number of anilines is 1. The minimum atomic E-state index is -4.42. The van der Waals surface area contributed by atoms with Crippen molar-refractivity contribution in [2.24, 2.45) is 0 Å². The van der Waals surface area contributed by atoms with E-state index in [9.17, 15) is 22.8 Å². The summed E-state index contributed by atoms with van der Waals surface area (Å²) >= 11 is 0. The molecule has 3 rings (SSSR count). The van der Waals surface area contributed by atoms with Crippen molar-refractivity contribution in [1.29, 1.82) is 0 Å². The smallest absolute Gasteiger partial charge is 0.416 e. The van der Waals surface area contributed by atoms with Crippen LogP contribution in [0.5, 0.6) is 5.88 Å². The summed E-state index contributed by atoms with van der Waals surface area (Å²) < 4.78 is 47.9. The van der Waals surface area contributed by atoms with Gasteiger partial charge in [0.1, 0.15) is 12.4 Å². The number of halogens is 3. The molecule has 0 aliphatic carbocycles. The number of alkyl halides is 3.